The van der Waals surface area contributed by atoms with Crippen molar-refractivity contribution in [2.75, 3.05) is 26.2 Å². The fraction of sp³-hybridized carbons (Fsp3) is 0.273. The molecule has 3 rings (SSSR count). The average Bonchev–Trinajstić information content (AvgIpc) is 3.14. The predicted molar refractivity (Wildman–Crippen MR) is 107 cm³/mol. The fourth-order valence-corrected chi connectivity index (χ4v) is 2.93. The normalized spacial score (nSPS) is 11.7. The first kappa shape index (κ1) is 18.7. The van der Waals surface area contributed by atoms with Gasteiger partial charge in [-0.2, -0.15) is 5.26 Å². The van der Waals surface area contributed by atoms with Gasteiger partial charge in [0.05, 0.1) is 11.0 Å². The third-order valence-corrected chi connectivity index (χ3v) is 4.49. The lowest BCUT2D eigenvalue weighted by molar-refractivity contribution is 0.223. The lowest BCUT2D eigenvalue weighted by Crippen LogP contribution is -2.27. The largest absolute Gasteiger partial charge is 0.492 e. The Morgan fingerprint density at radius 1 is 1.19 bits per heavy atom. The molecule has 0 aliphatic heterocycles. The zero-order chi connectivity index (χ0) is 19.1. The van der Waals surface area contributed by atoms with Gasteiger partial charge < -0.3 is 14.2 Å². The minimum Gasteiger partial charge on any atom is -0.492 e. The van der Waals surface area contributed by atoms with E-state index in [0.717, 1.165) is 36.3 Å². The number of hydrogen-bond donors (Lipinski definition) is 0. The maximum Gasteiger partial charge on any atom is 0.167 e. The van der Waals surface area contributed by atoms with Gasteiger partial charge in [-0.3, -0.25) is 0 Å². The number of allylic oxidation sites excluding steroid dienone is 1. The number of nitrogens with zero attached hydrogens (tertiary/aromatic N) is 3. The second kappa shape index (κ2) is 9.02. The Bertz CT molecular complexity index is 965. The molecule has 5 heteroatoms. The molecule has 2 aromatic carbocycles. The van der Waals surface area contributed by atoms with Crippen LogP contribution >= 0.6 is 0 Å². The lowest BCUT2D eigenvalue weighted by Gasteiger charge is -2.18. The molecule has 0 saturated heterocycles. The highest BCUT2D eigenvalue weighted by molar-refractivity contribution is 5.98. The van der Waals surface area contributed by atoms with Gasteiger partial charge in [0.2, 0.25) is 0 Å². The Labute approximate surface area is 159 Å². The molecule has 0 unspecified atom stereocenters. The zero-order valence-electron chi connectivity index (χ0n) is 15.7. The van der Waals surface area contributed by atoms with Crippen molar-refractivity contribution < 1.29 is 9.26 Å². The van der Waals surface area contributed by atoms with E-state index >= 15 is 0 Å². The molecule has 0 saturated carbocycles. The Balaban J connectivity index is 1.78. The molecule has 0 aliphatic rings. The number of hydrogen-bond acceptors (Lipinski definition) is 5. The van der Waals surface area contributed by atoms with E-state index in [1.165, 1.54) is 0 Å². The summed E-state index contributed by atoms with van der Waals surface area (Å²) < 4.78 is 11.2. The van der Waals surface area contributed by atoms with E-state index < -0.39 is 0 Å². The summed E-state index contributed by atoms with van der Waals surface area (Å²) in [5, 5.41) is 14.5. The minimum absolute atomic E-state index is 0.459. The molecule has 0 radical (unpaired) electrons. The maximum atomic E-state index is 9.61. The van der Waals surface area contributed by atoms with Crippen molar-refractivity contribution in [3.05, 3.63) is 59.8 Å². The van der Waals surface area contributed by atoms with E-state index in [0.29, 0.717) is 23.5 Å². The summed E-state index contributed by atoms with van der Waals surface area (Å²) in [4.78, 5) is 2.31. The van der Waals surface area contributed by atoms with Gasteiger partial charge in [-0.15, -0.1) is 0 Å². The second-order valence-corrected chi connectivity index (χ2v) is 6.14. The average molecular weight is 361 g/mol. The molecular weight excluding hydrogens is 338 g/mol. The van der Waals surface area contributed by atoms with Crippen LogP contribution in [0, 0.1) is 11.3 Å². The number of benzene rings is 2. The quantitative estimate of drug-likeness (QED) is 0.548. The number of rotatable bonds is 8. The third kappa shape index (κ3) is 4.55. The van der Waals surface area contributed by atoms with Gasteiger partial charge in [0.25, 0.3) is 0 Å². The topological polar surface area (TPSA) is 62.3 Å². The molecule has 1 heterocycles. The first-order valence-corrected chi connectivity index (χ1v) is 9.17. The zero-order valence-corrected chi connectivity index (χ0v) is 15.7. The van der Waals surface area contributed by atoms with Crippen LogP contribution in [0.5, 0.6) is 5.75 Å². The van der Waals surface area contributed by atoms with Crippen LogP contribution in [0.2, 0.25) is 0 Å². The van der Waals surface area contributed by atoms with Crippen molar-refractivity contribution in [3.8, 4) is 11.8 Å². The fourth-order valence-electron chi connectivity index (χ4n) is 2.93. The van der Waals surface area contributed by atoms with Gasteiger partial charge in [0.1, 0.15) is 24.1 Å². The van der Waals surface area contributed by atoms with E-state index in [2.05, 4.69) is 30.0 Å². The number of aromatic nitrogens is 1. The molecule has 0 aliphatic carbocycles. The van der Waals surface area contributed by atoms with Crippen LogP contribution < -0.4 is 4.74 Å². The van der Waals surface area contributed by atoms with E-state index in [1.54, 1.807) is 0 Å². The number of likely N-dealkylation sites (N-methyl/N-ethyl adjacent to an activating group) is 1. The molecule has 1 aromatic heterocycles. The third-order valence-electron chi connectivity index (χ3n) is 4.49. The second-order valence-electron chi connectivity index (χ2n) is 6.14. The lowest BCUT2D eigenvalue weighted by atomic mass is 10.1. The molecule has 138 valence electrons. The SMILES string of the molecule is CCN(CC)CCOc1cccc(/C=C(\C#N)c2noc3ccccc23)c1. The summed E-state index contributed by atoms with van der Waals surface area (Å²) in [6.07, 6.45) is 1.81. The van der Waals surface area contributed by atoms with E-state index in [4.69, 9.17) is 9.26 Å². The Kier molecular flexibility index (Phi) is 6.24. The van der Waals surface area contributed by atoms with Crippen molar-refractivity contribution in [2.45, 2.75) is 13.8 Å². The molecule has 0 fully saturated rings. The molecule has 27 heavy (non-hydrogen) atoms. The molecule has 0 amide bonds. The van der Waals surface area contributed by atoms with Gasteiger partial charge in [-0.05, 0) is 49.0 Å². The maximum absolute atomic E-state index is 9.61. The van der Waals surface area contributed by atoms with Gasteiger partial charge in [0, 0.05) is 6.54 Å². The van der Waals surface area contributed by atoms with Crippen molar-refractivity contribution in [3.63, 3.8) is 0 Å². The van der Waals surface area contributed by atoms with Gasteiger partial charge in [-0.25, -0.2) is 0 Å². The van der Waals surface area contributed by atoms with Crippen molar-refractivity contribution in [1.29, 1.82) is 5.26 Å². The van der Waals surface area contributed by atoms with Crippen LogP contribution in [0.4, 0.5) is 0 Å². The molecule has 5 nitrogen and oxygen atoms in total. The van der Waals surface area contributed by atoms with Gasteiger partial charge >= 0.3 is 0 Å². The molecule has 0 N–H and O–H groups in total. The van der Waals surface area contributed by atoms with Crippen molar-refractivity contribution in [2.24, 2.45) is 0 Å². The predicted octanol–water partition coefficient (Wildman–Crippen LogP) is 4.61. The monoisotopic (exact) mass is 361 g/mol. The van der Waals surface area contributed by atoms with Crippen LogP contribution in [-0.4, -0.2) is 36.3 Å². The van der Waals surface area contributed by atoms with E-state index in [9.17, 15) is 5.26 Å². The van der Waals surface area contributed by atoms with Gasteiger partial charge in [-0.1, -0.05) is 43.3 Å². The summed E-state index contributed by atoms with van der Waals surface area (Å²) >= 11 is 0. The van der Waals surface area contributed by atoms with Crippen molar-refractivity contribution in [1.82, 2.24) is 10.1 Å². The molecular formula is C22H23N3O2. The first-order valence-electron chi connectivity index (χ1n) is 9.17. The minimum atomic E-state index is 0.459. The highest BCUT2D eigenvalue weighted by Crippen LogP contribution is 2.26. The summed E-state index contributed by atoms with van der Waals surface area (Å²) in [6, 6.07) is 17.5. The summed E-state index contributed by atoms with van der Waals surface area (Å²) in [6.45, 7) is 7.84. The smallest absolute Gasteiger partial charge is 0.167 e. The number of ether oxygens (including phenoxy) is 1. The molecule has 3 aromatic rings. The van der Waals surface area contributed by atoms with Gasteiger partial charge in [0.15, 0.2) is 5.58 Å². The Morgan fingerprint density at radius 3 is 2.78 bits per heavy atom. The van der Waals surface area contributed by atoms with E-state index in [-0.39, 0.29) is 0 Å². The van der Waals surface area contributed by atoms with Crippen molar-refractivity contribution >= 4 is 22.6 Å². The number of fused-ring (bicyclic) bond motifs is 1. The molecule has 0 atom stereocenters. The first-order chi connectivity index (χ1) is 13.2. The van der Waals surface area contributed by atoms with Crippen LogP contribution in [0.25, 0.3) is 22.6 Å². The van der Waals surface area contributed by atoms with Crippen LogP contribution in [0.1, 0.15) is 25.1 Å². The van der Waals surface area contributed by atoms with Crippen LogP contribution in [-0.2, 0) is 0 Å². The summed E-state index contributed by atoms with van der Waals surface area (Å²) in [5.41, 5.74) is 2.57. The Morgan fingerprint density at radius 2 is 2.00 bits per heavy atom. The standard InChI is InChI=1S/C22H23N3O2/c1-3-25(4-2)12-13-26-19-9-7-8-17(15-19)14-18(16-23)22-20-10-5-6-11-21(20)27-24-22/h5-11,14-15H,3-4,12-13H2,1-2H3/b18-14+. The number of nitriles is 1. The summed E-state index contributed by atoms with van der Waals surface area (Å²) in [5.74, 6) is 0.790. The van der Waals surface area contributed by atoms with E-state index in [1.807, 2.05) is 54.6 Å². The van der Waals surface area contributed by atoms with Crippen LogP contribution in [0.15, 0.2) is 53.1 Å². The molecule has 0 spiro atoms. The Hall–Kier alpha value is -3.10. The summed E-state index contributed by atoms with van der Waals surface area (Å²) in [7, 11) is 0. The highest BCUT2D eigenvalue weighted by atomic mass is 16.5. The number of para-hydroxylation sites is 1. The van der Waals surface area contributed by atoms with Crippen LogP contribution in [0.3, 0.4) is 0 Å². The highest BCUT2D eigenvalue weighted by Gasteiger charge is 2.12. The molecule has 0 bridgehead atoms.